The molecule has 0 bridgehead atoms. The highest BCUT2D eigenvalue weighted by Gasteiger charge is 2.09. The number of nitrogen functional groups attached to an aromatic ring is 1. The Morgan fingerprint density at radius 1 is 1.32 bits per heavy atom. The van der Waals surface area contributed by atoms with Crippen molar-refractivity contribution in [3.05, 3.63) is 40.4 Å². The number of hydrogen-bond donors (Lipinski definition) is 1. The monoisotopic (exact) mass is 322 g/mol. The van der Waals surface area contributed by atoms with Crippen molar-refractivity contribution in [3.8, 4) is 5.88 Å². The van der Waals surface area contributed by atoms with Crippen LogP contribution in [0.5, 0.6) is 5.88 Å². The third kappa shape index (κ3) is 3.35. The van der Waals surface area contributed by atoms with Gasteiger partial charge in [0.1, 0.15) is 5.82 Å². The summed E-state index contributed by atoms with van der Waals surface area (Å²) in [7, 11) is 3.50. The van der Waals surface area contributed by atoms with Crippen LogP contribution in [0.25, 0.3) is 0 Å². The molecule has 6 heteroatoms. The molecule has 0 aliphatic heterocycles. The van der Waals surface area contributed by atoms with E-state index in [0.29, 0.717) is 12.4 Å². The second-order valence-corrected chi connectivity index (χ2v) is 4.93. The summed E-state index contributed by atoms with van der Waals surface area (Å²) in [5, 5.41) is 0. The molecule has 0 fully saturated rings. The van der Waals surface area contributed by atoms with E-state index >= 15 is 0 Å². The largest absolute Gasteiger partial charge is 0.481 e. The highest BCUT2D eigenvalue weighted by atomic mass is 79.9. The first-order chi connectivity index (χ1) is 9.10. The van der Waals surface area contributed by atoms with E-state index in [1.54, 1.807) is 13.2 Å². The van der Waals surface area contributed by atoms with Crippen LogP contribution in [-0.2, 0) is 6.54 Å². The predicted molar refractivity (Wildman–Crippen MR) is 79.2 cm³/mol. The number of benzene rings is 1. The molecule has 0 radical (unpaired) electrons. The van der Waals surface area contributed by atoms with Crippen LogP contribution in [0, 0.1) is 0 Å². The Labute approximate surface area is 120 Å². The number of rotatable bonds is 4. The van der Waals surface area contributed by atoms with Gasteiger partial charge in [0.25, 0.3) is 0 Å². The van der Waals surface area contributed by atoms with Crippen molar-refractivity contribution in [1.82, 2.24) is 9.97 Å². The van der Waals surface area contributed by atoms with Crippen LogP contribution in [0.15, 0.2) is 34.8 Å². The molecule has 0 amide bonds. The number of halogens is 1. The summed E-state index contributed by atoms with van der Waals surface area (Å²) in [6.45, 7) is 0.709. The van der Waals surface area contributed by atoms with E-state index in [1.807, 2.05) is 30.1 Å². The fraction of sp³-hybridized carbons (Fsp3) is 0.231. The van der Waals surface area contributed by atoms with Crippen LogP contribution in [0.2, 0.25) is 0 Å². The molecule has 2 N–H and O–H groups in total. The summed E-state index contributed by atoms with van der Waals surface area (Å²) >= 11 is 3.53. The SMILES string of the molecule is COc1cc(N(C)Cc2ccccc2Br)nc(N)n1. The van der Waals surface area contributed by atoms with E-state index in [0.717, 1.165) is 10.3 Å². The van der Waals surface area contributed by atoms with Crippen LogP contribution >= 0.6 is 15.9 Å². The maximum atomic E-state index is 5.66. The van der Waals surface area contributed by atoms with E-state index in [4.69, 9.17) is 10.5 Å². The summed E-state index contributed by atoms with van der Waals surface area (Å²) in [5.74, 6) is 1.38. The van der Waals surface area contributed by atoms with E-state index in [2.05, 4.69) is 32.0 Å². The molecule has 0 unspecified atom stereocenters. The second kappa shape index (κ2) is 5.88. The Morgan fingerprint density at radius 2 is 2.05 bits per heavy atom. The lowest BCUT2D eigenvalue weighted by Gasteiger charge is -2.19. The summed E-state index contributed by atoms with van der Waals surface area (Å²) in [5.41, 5.74) is 6.83. The minimum absolute atomic E-state index is 0.202. The van der Waals surface area contributed by atoms with Gasteiger partial charge in [-0.3, -0.25) is 0 Å². The third-order valence-electron chi connectivity index (χ3n) is 2.67. The molecule has 1 heterocycles. The van der Waals surface area contributed by atoms with Crippen LogP contribution in [-0.4, -0.2) is 24.1 Å². The highest BCUT2D eigenvalue weighted by molar-refractivity contribution is 9.10. The van der Waals surface area contributed by atoms with Crippen molar-refractivity contribution in [1.29, 1.82) is 0 Å². The Morgan fingerprint density at radius 3 is 2.74 bits per heavy atom. The fourth-order valence-corrected chi connectivity index (χ4v) is 2.10. The van der Waals surface area contributed by atoms with Crippen molar-refractivity contribution in [2.45, 2.75) is 6.54 Å². The normalized spacial score (nSPS) is 10.3. The first-order valence-corrected chi connectivity index (χ1v) is 6.52. The molecule has 2 rings (SSSR count). The molecule has 0 aliphatic rings. The Bertz CT molecular complexity index is 576. The molecular weight excluding hydrogens is 308 g/mol. The van der Waals surface area contributed by atoms with Gasteiger partial charge in [-0.2, -0.15) is 9.97 Å². The number of nitrogens with zero attached hydrogens (tertiary/aromatic N) is 3. The lowest BCUT2D eigenvalue weighted by Crippen LogP contribution is -2.19. The molecule has 5 nitrogen and oxygen atoms in total. The molecule has 0 aliphatic carbocycles. The zero-order valence-electron chi connectivity index (χ0n) is 10.8. The van der Waals surface area contributed by atoms with Crippen LogP contribution < -0.4 is 15.4 Å². The van der Waals surface area contributed by atoms with E-state index in [9.17, 15) is 0 Å². The zero-order chi connectivity index (χ0) is 13.8. The van der Waals surface area contributed by atoms with Crippen molar-refractivity contribution >= 4 is 27.7 Å². The highest BCUT2D eigenvalue weighted by Crippen LogP contribution is 2.22. The molecule has 1 aromatic heterocycles. The van der Waals surface area contributed by atoms with E-state index in [-0.39, 0.29) is 5.95 Å². The Kier molecular flexibility index (Phi) is 4.21. The quantitative estimate of drug-likeness (QED) is 0.936. The van der Waals surface area contributed by atoms with Gasteiger partial charge >= 0.3 is 0 Å². The average molecular weight is 323 g/mol. The van der Waals surface area contributed by atoms with Gasteiger partial charge in [0.05, 0.1) is 7.11 Å². The van der Waals surface area contributed by atoms with Crippen LogP contribution in [0.3, 0.4) is 0 Å². The molecule has 0 spiro atoms. The Hall–Kier alpha value is -1.82. The van der Waals surface area contributed by atoms with Gasteiger partial charge in [-0.25, -0.2) is 0 Å². The van der Waals surface area contributed by atoms with Crippen LogP contribution in [0.4, 0.5) is 11.8 Å². The fourth-order valence-electron chi connectivity index (χ4n) is 1.69. The summed E-state index contributed by atoms with van der Waals surface area (Å²) < 4.78 is 6.16. The molecular formula is C13H15BrN4O. The van der Waals surface area contributed by atoms with Crippen molar-refractivity contribution in [3.63, 3.8) is 0 Å². The molecule has 2 aromatic rings. The van der Waals surface area contributed by atoms with Gasteiger partial charge in [-0.1, -0.05) is 34.1 Å². The van der Waals surface area contributed by atoms with Crippen molar-refractivity contribution in [2.75, 3.05) is 24.8 Å². The van der Waals surface area contributed by atoms with Crippen molar-refractivity contribution in [2.24, 2.45) is 0 Å². The van der Waals surface area contributed by atoms with E-state index in [1.165, 1.54) is 5.56 Å². The van der Waals surface area contributed by atoms with Gasteiger partial charge in [0.15, 0.2) is 0 Å². The maximum Gasteiger partial charge on any atom is 0.225 e. The molecule has 0 saturated heterocycles. The molecule has 0 atom stereocenters. The van der Waals surface area contributed by atoms with E-state index < -0.39 is 0 Å². The first-order valence-electron chi connectivity index (χ1n) is 5.73. The summed E-state index contributed by atoms with van der Waals surface area (Å²) in [4.78, 5) is 10.2. The molecule has 1 aromatic carbocycles. The third-order valence-corrected chi connectivity index (χ3v) is 3.45. The first kappa shape index (κ1) is 13.6. The lowest BCUT2D eigenvalue weighted by molar-refractivity contribution is 0.397. The Balaban J connectivity index is 2.22. The summed E-state index contributed by atoms with van der Waals surface area (Å²) in [6, 6.07) is 9.82. The number of anilines is 2. The number of nitrogens with two attached hydrogens (primary N) is 1. The molecule has 100 valence electrons. The summed E-state index contributed by atoms with van der Waals surface area (Å²) in [6.07, 6.45) is 0. The smallest absolute Gasteiger partial charge is 0.225 e. The minimum atomic E-state index is 0.202. The molecule has 19 heavy (non-hydrogen) atoms. The van der Waals surface area contributed by atoms with Gasteiger partial charge in [0.2, 0.25) is 11.8 Å². The number of ether oxygens (including phenoxy) is 1. The zero-order valence-corrected chi connectivity index (χ0v) is 12.4. The van der Waals surface area contributed by atoms with Gasteiger partial charge in [-0.15, -0.1) is 0 Å². The number of methoxy groups -OCH3 is 1. The van der Waals surface area contributed by atoms with Gasteiger partial charge < -0.3 is 15.4 Å². The topological polar surface area (TPSA) is 64.3 Å². The van der Waals surface area contributed by atoms with Gasteiger partial charge in [-0.05, 0) is 11.6 Å². The lowest BCUT2D eigenvalue weighted by atomic mass is 10.2. The standard InChI is InChI=1S/C13H15BrN4O/c1-18(8-9-5-3-4-6-10(9)14)11-7-12(19-2)17-13(15)16-11/h3-7H,8H2,1-2H3,(H2,15,16,17). The number of aromatic nitrogens is 2. The second-order valence-electron chi connectivity index (χ2n) is 4.07. The average Bonchev–Trinajstić information content (AvgIpc) is 2.40. The van der Waals surface area contributed by atoms with Crippen LogP contribution in [0.1, 0.15) is 5.56 Å². The minimum Gasteiger partial charge on any atom is -0.481 e. The predicted octanol–water partition coefficient (Wildman–Crippen LogP) is 2.47. The number of hydrogen-bond acceptors (Lipinski definition) is 5. The molecule has 0 saturated carbocycles. The van der Waals surface area contributed by atoms with Crippen molar-refractivity contribution < 1.29 is 4.74 Å². The van der Waals surface area contributed by atoms with Gasteiger partial charge in [0, 0.05) is 24.1 Å². The maximum absolute atomic E-state index is 5.66.